The first-order valence-corrected chi connectivity index (χ1v) is 15.0. The zero-order valence-corrected chi connectivity index (χ0v) is 24.1. The number of carbonyl (C=O) groups is 2. The molecule has 42 heavy (non-hydrogen) atoms. The van der Waals surface area contributed by atoms with Crippen LogP contribution in [0, 0.1) is 0 Å². The maximum absolute atomic E-state index is 13.7. The number of methoxy groups -OCH3 is 1. The monoisotopic (exact) mass is 562 g/mol. The molecule has 0 spiro atoms. The van der Waals surface area contributed by atoms with Crippen LogP contribution in [0.15, 0.2) is 84.9 Å². The third-order valence-corrected chi connectivity index (χ3v) is 8.50. The van der Waals surface area contributed by atoms with Crippen LogP contribution < -0.4 is 25.2 Å². The van der Waals surface area contributed by atoms with Crippen LogP contribution in [0.25, 0.3) is 10.8 Å². The van der Waals surface area contributed by atoms with Crippen LogP contribution >= 0.6 is 0 Å². The Labute approximate surface area is 247 Å². The SMILES string of the molecule is COc1ccccc1N1CCN(c2ccc(NC(=O)c3ccc4ccccc4c3)cc2C(=O)NC2CCCCC2)CC1. The molecule has 0 aromatic heterocycles. The molecule has 2 aliphatic rings. The molecule has 7 heteroatoms. The summed E-state index contributed by atoms with van der Waals surface area (Å²) in [6, 6.07) is 27.7. The van der Waals surface area contributed by atoms with E-state index in [-0.39, 0.29) is 17.9 Å². The lowest BCUT2D eigenvalue weighted by molar-refractivity contribution is 0.0927. The molecule has 1 saturated heterocycles. The summed E-state index contributed by atoms with van der Waals surface area (Å²) in [7, 11) is 1.70. The van der Waals surface area contributed by atoms with E-state index < -0.39 is 0 Å². The molecule has 1 saturated carbocycles. The molecule has 7 nitrogen and oxygen atoms in total. The summed E-state index contributed by atoms with van der Waals surface area (Å²) in [6.07, 6.45) is 5.54. The molecule has 0 bridgehead atoms. The molecular weight excluding hydrogens is 524 g/mol. The first-order chi connectivity index (χ1) is 20.6. The van der Waals surface area contributed by atoms with Gasteiger partial charge in [-0.15, -0.1) is 0 Å². The van der Waals surface area contributed by atoms with Crippen molar-refractivity contribution in [1.82, 2.24) is 5.32 Å². The highest BCUT2D eigenvalue weighted by Gasteiger charge is 2.25. The predicted octanol–water partition coefficient (Wildman–Crippen LogP) is 6.49. The second-order valence-electron chi connectivity index (χ2n) is 11.2. The van der Waals surface area contributed by atoms with Crippen molar-refractivity contribution in [1.29, 1.82) is 0 Å². The van der Waals surface area contributed by atoms with Gasteiger partial charge >= 0.3 is 0 Å². The Kier molecular flexibility index (Phi) is 8.26. The Bertz CT molecular complexity index is 1570. The predicted molar refractivity (Wildman–Crippen MR) is 170 cm³/mol. The van der Waals surface area contributed by atoms with Crippen molar-refractivity contribution in [2.45, 2.75) is 38.1 Å². The van der Waals surface area contributed by atoms with Crippen molar-refractivity contribution in [3.8, 4) is 5.75 Å². The van der Waals surface area contributed by atoms with Crippen molar-refractivity contribution in [2.24, 2.45) is 0 Å². The molecule has 1 aliphatic heterocycles. The van der Waals surface area contributed by atoms with Crippen LogP contribution in [0.2, 0.25) is 0 Å². The van der Waals surface area contributed by atoms with Crippen molar-refractivity contribution >= 4 is 39.6 Å². The van der Waals surface area contributed by atoms with Gasteiger partial charge in [-0.25, -0.2) is 0 Å². The highest BCUT2D eigenvalue weighted by molar-refractivity contribution is 6.08. The molecule has 1 aliphatic carbocycles. The van der Waals surface area contributed by atoms with Crippen LogP contribution in [0.4, 0.5) is 17.1 Å². The van der Waals surface area contributed by atoms with E-state index in [1.807, 2.05) is 78.9 Å². The minimum Gasteiger partial charge on any atom is -0.495 e. The van der Waals surface area contributed by atoms with Crippen LogP contribution in [0.1, 0.15) is 52.8 Å². The summed E-state index contributed by atoms with van der Waals surface area (Å²) >= 11 is 0. The lowest BCUT2D eigenvalue weighted by atomic mass is 9.95. The summed E-state index contributed by atoms with van der Waals surface area (Å²) in [5.74, 6) is 0.591. The van der Waals surface area contributed by atoms with Crippen LogP contribution in [0.3, 0.4) is 0 Å². The summed E-state index contributed by atoms with van der Waals surface area (Å²) in [4.78, 5) is 31.6. The van der Waals surface area contributed by atoms with E-state index in [1.165, 1.54) is 6.42 Å². The van der Waals surface area contributed by atoms with E-state index in [0.29, 0.717) is 16.8 Å². The van der Waals surface area contributed by atoms with Gasteiger partial charge in [0.1, 0.15) is 5.75 Å². The van der Waals surface area contributed by atoms with Gasteiger partial charge in [-0.3, -0.25) is 9.59 Å². The zero-order chi connectivity index (χ0) is 28.9. The fourth-order valence-corrected chi connectivity index (χ4v) is 6.19. The highest BCUT2D eigenvalue weighted by Crippen LogP contribution is 2.31. The molecule has 4 aromatic carbocycles. The van der Waals surface area contributed by atoms with E-state index in [0.717, 1.165) is 79.8 Å². The molecule has 2 N–H and O–H groups in total. The van der Waals surface area contributed by atoms with Gasteiger partial charge in [-0.1, -0.05) is 61.7 Å². The van der Waals surface area contributed by atoms with Gasteiger partial charge in [0.25, 0.3) is 11.8 Å². The minimum absolute atomic E-state index is 0.0779. The van der Waals surface area contributed by atoms with Gasteiger partial charge in [-0.2, -0.15) is 0 Å². The number of rotatable bonds is 7. The molecule has 216 valence electrons. The Morgan fingerprint density at radius 2 is 1.40 bits per heavy atom. The van der Waals surface area contributed by atoms with E-state index in [4.69, 9.17) is 4.74 Å². The lowest BCUT2D eigenvalue weighted by Crippen LogP contribution is -2.47. The fourth-order valence-electron chi connectivity index (χ4n) is 6.19. The lowest BCUT2D eigenvalue weighted by Gasteiger charge is -2.38. The second kappa shape index (κ2) is 12.6. The van der Waals surface area contributed by atoms with Crippen molar-refractivity contribution < 1.29 is 14.3 Å². The molecular formula is C35H38N4O3. The summed E-state index contributed by atoms with van der Waals surface area (Å²) in [5, 5.41) is 8.43. The number of hydrogen-bond donors (Lipinski definition) is 2. The number of nitrogens with one attached hydrogen (secondary N) is 2. The highest BCUT2D eigenvalue weighted by atomic mass is 16.5. The van der Waals surface area contributed by atoms with E-state index in [9.17, 15) is 9.59 Å². The number of benzene rings is 4. The normalized spacial score (nSPS) is 15.8. The van der Waals surface area contributed by atoms with Crippen molar-refractivity contribution in [3.05, 3.63) is 96.1 Å². The summed E-state index contributed by atoms with van der Waals surface area (Å²) in [6.45, 7) is 3.16. The quantitative estimate of drug-likeness (QED) is 0.269. The number of nitrogens with zero attached hydrogens (tertiary/aromatic N) is 2. The molecule has 0 atom stereocenters. The molecule has 4 aromatic rings. The maximum Gasteiger partial charge on any atom is 0.255 e. The molecule has 2 amide bonds. The number of piperazine rings is 1. The number of carbonyl (C=O) groups excluding carboxylic acids is 2. The number of fused-ring (bicyclic) bond motifs is 1. The average Bonchev–Trinajstić information content (AvgIpc) is 3.05. The minimum atomic E-state index is -0.197. The van der Waals surface area contributed by atoms with Crippen LogP contribution in [0.5, 0.6) is 5.75 Å². The second-order valence-corrected chi connectivity index (χ2v) is 11.2. The van der Waals surface area contributed by atoms with E-state index in [1.54, 1.807) is 7.11 Å². The Morgan fingerprint density at radius 3 is 2.17 bits per heavy atom. The topological polar surface area (TPSA) is 73.9 Å². The fraction of sp³-hybridized carbons (Fsp3) is 0.314. The number of hydrogen-bond acceptors (Lipinski definition) is 5. The number of para-hydroxylation sites is 2. The molecule has 0 unspecified atom stereocenters. The molecule has 0 radical (unpaired) electrons. The average molecular weight is 563 g/mol. The Balaban J connectivity index is 1.23. The van der Waals surface area contributed by atoms with Gasteiger partial charge in [0.05, 0.1) is 18.4 Å². The Morgan fingerprint density at radius 1 is 0.714 bits per heavy atom. The van der Waals surface area contributed by atoms with Gasteiger partial charge in [-0.05, 0) is 66.1 Å². The van der Waals surface area contributed by atoms with Crippen LogP contribution in [-0.2, 0) is 0 Å². The molecule has 6 rings (SSSR count). The first kappa shape index (κ1) is 27.6. The summed E-state index contributed by atoms with van der Waals surface area (Å²) in [5.41, 5.74) is 3.77. The summed E-state index contributed by atoms with van der Waals surface area (Å²) < 4.78 is 5.59. The third-order valence-electron chi connectivity index (χ3n) is 8.50. The third kappa shape index (κ3) is 6.05. The van der Waals surface area contributed by atoms with E-state index in [2.05, 4.69) is 26.5 Å². The van der Waals surface area contributed by atoms with Crippen molar-refractivity contribution in [3.63, 3.8) is 0 Å². The first-order valence-electron chi connectivity index (χ1n) is 15.0. The molecule has 2 fully saturated rings. The van der Waals surface area contributed by atoms with Crippen molar-refractivity contribution in [2.75, 3.05) is 48.4 Å². The standard InChI is InChI=1S/C35H38N4O3/c1-42-33-14-8-7-13-32(33)39-21-19-38(20-22-39)31-18-17-29(24-30(31)35(41)36-28-11-3-2-4-12-28)37-34(40)27-16-15-25-9-5-6-10-26(25)23-27/h5-10,13-18,23-24,28H,2-4,11-12,19-22H2,1H3,(H,36,41)(H,37,40). The molecule has 1 heterocycles. The zero-order valence-electron chi connectivity index (χ0n) is 24.1. The largest absolute Gasteiger partial charge is 0.495 e. The van der Waals surface area contributed by atoms with Crippen LogP contribution in [-0.4, -0.2) is 51.1 Å². The maximum atomic E-state index is 13.7. The van der Waals surface area contributed by atoms with Gasteiger partial charge < -0.3 is 25.2 Å². The smallest absolute Gasteiger partial charge is 0.255 e. The van der Waals surface area contributed by atoms with Gasteiger partial charge in [0, 0.05) is 49.2 Å². The number of ether oxygens (including phenoxy) is 1. The van der Waals surface area contributed by atoms with Gasteiger partial charge in [0.15, 0.2) is 0 Å². The number of amides is 2. The van der Waals surface area contributed by atoms with Gasteiger partial charge in [0.2, 0.25) is 0 Å². The number of anilines is 3. The van der Waals surface area contributed by atoms with E-state index >= 15 is 0 Å². The Hall–Kier alpha value is -4.52.